The molecular formula is C18H26N2O6S. The third kappa shape index (κ3) is 5.75. The molecule has 1 amide bonds. The van der Waals surface area contributed by atoms with Crippen molar-refractivity contribution in [3.63, 3.8) is 0 Å². The van der Waals surface area contributed by atoms with E-state index in [0.29, 0.717) is 36.8 Å². The van der Waals surface area contributed by atoms with Gasteiger partial charge in [0.25, 0.3) is 5.91 Å². The molecule has 1 aliphatic carbocycles. The Bertz CT molecular complexity index is 785. The number of sulfonamides is 1. The minimum Gasteiger partial charge on any atom is -0.481 e. The van der Waals surface area contributed by atoms with Crippen LogP contribution >= 0.6 is 0 Å². The van der Waals surface area contributed by atoms with Crippen LogP contribution in [0.5, 0.6) is 0 Å². The average molecular weight is 398 g/mol. The van der Waals surface area contributed by atoms with Crippen molar-refractivity contribution in [2.75, 3.05) is 20.3 Å². The molecule has 1 aromatic carbocycles. The molecule has 3 N–H and O–H groups in total. The molecule has 0 unspecified atom stereocenters. The summed E-state index contributed by atoms with van der Waals surface area (Å²) < 4.78 is 31.9. The number of hydrogen-bond acceptors (Lipinski definition) is 5. The van der Waals surface area contributed by atoms with Gasteiger partial charge in [-0.15, -0.1) is 0 Å². The van der Waals surface area contributed by atoms with Crippen LogP contribution in [0.15, 0.2) is 23.1 Å². The molecule has 0 atom stereocenters. The first-order chi connectivity index (χ1) is 12.7. The SMILES string of the molecule is COCCNS(=O)(=O)c1ccc(C)c(C(=O)NC2CCC(C(=O)O)CC2)c1. The van der Waals surface area contributed by atoms with Gasteiger partial charge in [-0.05, 0) is 50.3 Å². The van der Waals surface area contributed by atoms with Crippen LogP contribution in [0.2, 0.25) is 0 Å². The minimum atomic E-state index is -3.73. The molecule has 1 fully saturated rings. The van der Waals surface area contributed by atoms with Gasteiger partial charge >= 0.3 is 5.97 Å². The predicted octanol–water partition coefficient (Wildman–Crippen LogP) is 1.29. The summed E-state index contributed by atoms with van der Waals surface area (Å²) in [5, 5.41) is 11.9. The summed E-state index contributed by atoms with van der Waals surface area (Å²) in [5.74, 6) is -1.50. The van der Waals surface area contributed by atoms with Crippen molar-refractivity contribution in [3.8, 4) is 0 Å². The third-order valence-corrected chi connectivity index (χ3v) is 6.23. The molecule has 8 nitrogen and oxygen atoms in total. The zero-order valence-electron chi connectivity index (χ0n) is 15.5. The Morgan fingerprint density at radius 1 is 1.22 bits per heavy atom. The fourth-order valence-corrected chi connectivity index (χ4v) is 4.16. The molecule has 1 saturated carbocycles. The number of aliphatic carboxylic acids is 1. The highest BCUT2D eigenvalue weighted by atomic mass is 32.2. The summed E-state index contributed by atoms with van der Waals surface area (Å²) in [6.07, 6.45) is 2.24. The van der Waals surface area contributed by atoms with Gasteiger partial charge in [-0.2, -0.15) is 0 Å². The van der Waals surface area contributed by atoms with Crippen molar-refractivity contribution in [1.82, 2.24) is 10.0 Å². The molecule has 0 heterocycles. The number of carbonyl (C=O) groups excluding carboxylic acids is 1. The van der Waals surface area contributed by atoms with E-state index in [4.69, 9.17) is 9.84 Å². The number of benzene rings is 1. The standard InChI is InChI=1S/C18H26N2O6S/c1-12-3-8-15(27(24,25)19-9-10-26-2)11-16(12)17(21)20-14-6-4-13(5-7-14)18(22)23/h3,8,11,13-14,19H,4-7,9-10H2,1-2H3,(H,20,21)(H,22,23). The van der Waals surface area contributed by atoms with E-state index in [-0.39, 0.29) is 35.9 Å². The molecule has 9 heteroatoms. The zero-order valence-corrected chi connectivity index (χ0v) is 16.3. The molecule has 0 bridgehead atoms. The number of ether oxygens (including phenoxy) is 1. The lowest BCUT2D eigenvalue weighted by molar-refractivity contribution is -0.142. The molecule has 150 valence electrons. The number of carbonyl (C=O) groups is 2. The Kier molecular flexibility index (Phi) is 7.34. The van der Waals surface area contributed by atoms with Crippen molar-refractivity contribution >= 4 is 21.9 Å². The van der Waals surface area contributed by atoms with E-state index >= 15 is 0 Å². The zero-order chi connectivity index (χ0) is 20.0. The van der Waals surface area contributed by atoms with Gasteiger partial charge in [-0.3, -0.25) is 9.59 Å². The second-order valence-corrected chi connectivity index (χ2v) is 8.49. The molecule has 2 rings (SSSR count). The maximum Gasteiger partial charge on any atom is 0.306 e. The topological polar surface area (TPSA) is 122 Å². The van der Waals surface area contributed by atoms with Gasteiger partial charge in [0.2, 0.25) is 10.0 Å². The number of carboxylic acid groups (broad SMARTS) is 1. The predicted molar refractivity (Wildman–Crippen MR) is 99.1 cm³/mol. The second-order valence-electron chi connectivity index (χ2n) is 6.73. The first-order valence-corrected chi connectivity index (χ1v) is 10.4. The molecule has 1 aromatic rings. The van der Waals surface area contributed by atoms with Crippen LogP contribution in [0.1, 0.15) is 41.6 Å². The summed E-state index contributed by atoms with van der Waals surface area (Å²) in [6.45, 7) is 2.13. The van der Waals surface area contributed by atoms with E-state index in [2.05, 4.69) is 10.0 Å². The average Bonchev–Trinajstić information content (AvgIpc) is 2.62. The molecule has 0 aromatic heterocycles. The van der Waals surface area contributed by atoms with Gasteiger partial charge in [0.1, 0.15) is 0 Å². The normalized spacial score (nSPS) is 20.2. The van der Waals surface area contributed by atoms with Crippen LogP contribution in [0, 0.1) is 12.8 Å². The number of nitrogens with one attached hydrogen (secondary N) is 2. The van der Waals surface area contributed by atoms with E-state index in [1.54, 1.807) is 13.0 Å². The van der Waals surface area contributed by atoms with Crippen LogP contribution in [0.4, 0.5) is 0 Å². The number of amides is 1. The monoisotopic (exact) mass is 398 g/mol. The van der Waals surface area contributed by atoms with Gasteiger partial charge in [-0.25, -0.2) is 13.1 Å². The van der Waals surface area contributed by atoms with E-state index < -0.39 is 16.0 Å². The van der Waals surface area contributed by atoms with Gasteiger partial charge < -0.3 is 15.2 Å². The van der Waals surface area contributed by atoms with Gasteiger partial charge in [-0.1, -0.05) is 6.07 Å². The highest BCUT2D eigenvalue weighted by Gasteiger charge is 2.27. The summed E-state index contributed by atoms with van der Waals surface area (Å²) >= 11 is 0. The number of methoxy groups -OCH3 is 1. The lowest BCUT2D eigenvalue weighted by atomic mass is 9.86. The van der Waals surface area contributed by atoms with Crippen LogP contribution in [-0.4, -0.2) is 51.7 Å². The molecule has 0 spiro atoms. The van der Waals surface area contributed by atoms with Crippen LogP contribution in [-0.2, 0) is 19.6 Å². The number of rotatable bonds is 8. The first kappa shape index (κ1) is 21.3. The van der Waals surface area contributed by atoms with Crippen molar-refractivity contribution in [2.24, 2.45) is 5.92 Å². The third-order valence-electron chi connectivity index (χ3n) is 4.77. The van der Waals surface area contributed by atoms with Crippen molar-refractivity contribution in [1.29, 1.82) is 0 Å². The van der Waals surface area contributed by atoms with E-state index in [9.17, 15) is 18.0 Å². The maximum atomic E-state index is 12.6. The van der Waals surface area contributed by atoms with Crippen LogP contribution in [0.25, 0.3) is 0 Å². The molecule has 0 saturated heterocycles. The van der Waals surface area contributed by atoms with E-state index in [1.165, 1.54) is 19.2 Å². The fraction of sp³-hybridized carbons (Fsp3) is 0.556. The number of hydrogen-bond donors (Lipinski definition) is 3. The Balaban J connectivity index is 2.07. The second kappa shape index (κ2) is 9.29. The fourth-order valence-electron chi connectivity index (χ4n) is 3.12. The molecule has 27 heavy (non-hydrogen) atoms. The van der Waals surface area contributed by atoms with E-state index in [1.807, 2.05) is 0 Å². The lowest BCUT2D eigenvalue weighted by Gasteiger charge is -2.27. The first-order valence-electron chi connectivity index (χ1n) is 8.87. The van der Waals surface area contributed by atoms with Gasteiger partial charge in [0, 0.05) is 25.3 Å². The van der Waals surface area contributed by atoms with Crippen molar-refractivity contribution < 1.29 is 27.9 Å². The maximum absolute atomic E-state index is 12.6. The van der Waals surface area contributed by atoms with Crippen LogP contribution < -0.4 is 10.0 Å². The number of carboxylic acids is 1. The Morgan fingerprint density at radius 3 is 2.48 bits per heavy atom. The summed E-state index contributed by atoms with van der Waals surface area (Å²) in [7, 11) is -2.25. The molecular weight excluding hydrogens is 372 g/mol. The lowest BCUT2D eigenvalue weighted by Crippen LogP contribution is -2.39. The summed E-state index contributed by atoms with van der Waals surface area (Å²) in [5.41, 5.74) is 0.965. The Labute approximate surface area is 159 Å². The van der Waals surface area contributed by atoms with E-state index in [0.717, 1.165) is 0 Å². The molecule has 0 aliphatic heterocycles. The van der Waals surface area contributed by atoms with Crippen molar-refractivity contribution in [2.45, 2.75) is 43.5 Å². The summed E-state index contributed by atoms with van der Waals surface area (Å²) in [4.78, 5) is 23.7. The number of aryl methyl sites for hydroxylation is 1. The van der Waals surface area contributed by atoms with Crippen molar-refractivity contribution in [3.05, 3.63) is 29.3 Å². The Hall–Kier alpha value is -1.97. The summed E-state index contributed by atoms with van der Waals surface area (Å²) in [6, 6.07) is 4.32. The molecule has 0 radical (unpaired) electrons. The van der Waals surface area contributed by atoms with Gasteiger partial charge in [0.05, 0.1) is 17.4 Å². The highest BCUT2D eigenvalue weighted by Crippen LogP contribution is 2.25. The smallest absolute Gasteiger partial charge is 0.306 e. The van der Waals surface area contributed by atoms with Gasteiger partial charge in [0.15, 0.2) is 0 Å². The van der Waals surface area contributed by atoms with Crippen LogP contribution in [0.3, 0.4) is 0 Å². The minimum absolute atomic E-state index is 0.0175. The largest absolute Gasteiger partial charge is 0.481 e. The highest BCUT2D eigenvalue weighted by molar-refractivity contribution is 7.89. The Morgan fingerprint density at radius 2 is 1.89 bits per heavy atom. The quantitative estimate of drug-likeness (QED) is 0.567. The molecule has 1 aliphatic rings.